The lowest BCUT2D eigenvalue weighted by Gasteiger charge is -2.08. The van der Waals surface area contributed by atoms with E-state index in [-0.39, 0.29) is 0 Å². The lowest BCUT2D eigenvalue weighted by Crippen LogP contribution is -2.34. The van der Waals surface area contributed by atoms with E-state index in [4.69, 9.17) is 5.73 Å². The number of hydrogen-bond acceptors (Lipinski definition) is 3. The van der Waals surface area contributed by atoms with E-state index in [2.05, 4.69) is 24.2 Å². The minimum atomic E-state index is -3.17. The molecule has 1 rings (SSSR count). The normalized spacial score (nSPS) is 12.8. The predicted molar refractivity (Wildman–Crippen MR) is 82.5 cm³/mol. The molecule has 3 N–H and O–H groups in total. The van der Waals surface area contributed by atoms with E-state index < -0.39 is 9.84 Å². The van der Waals surface area contributed by atoms with E-state index in [0.29, 0.717) is 23.3 Å². The molecule has 0 amide bonds. The van der Waals surface area contributed by atoms with Gasteiger partial charge in [-0.05, 0) is 30.0 Å². The quantitative estimate of drug-likeness (QED) is 0.636. The molecule has 0 radical (unpaired) electrons. The number of rotatable bonds is 5. The highest BCUT2D eigenvalue weighted by Crippen LogP contribution is 2.17. The van der Waals surface area contributed by atoms with E-state index in [1.165, 1.54) is 6.26 Å². The van der Waals surface area contributed by atoms with Crippen molar-refractivity contribution in [2.45, 2.75) is 32.2 Å². The first-order valence-corrected chi connectivity index (χ1v) is 8.42. The number of aliphatic imine (C=N–C) groups is 1. The summed E-state index contributed by atoms with van der Waals surface area (Å²) in [5.41, 5.74) is 7.41. The largest absolute Gasteiger partial charge is 0.370 e. The maximum atomic E-state index is 11.5. The van der Waals surface area contributed by atoms with Gasteiger partial charge in [-0.3, -0.25) is 0 Å². The molecule has 1 aromatic carbocycles. The minimum Gasteiger partial charge on any atom is -0.370 e. The lowest BCUT2D eigenvalue weighted by molar-refractivity contribution is 0.601. The summed E-state index contributed by atoms with van der Waals surface area (Å²) in [5.74, 6) is 0.906. The molecule has 0 aliphatic carbocycles. The van der Waals surface area contributed by atoms with Gasteiger partial charge < -0.3 is 11.1 Å². The summed E-state index contributed by atoms with van der Waals surface area (Å²) in [7, 11) is -3.17. The summed E-state index contributed by atoms with van der Waals surface area (Å²) in [6, 6.07) is 5.21. The van der Waals surface area contributed by atoms with Crippen LogP contribution in [0.4, 0.5) is 0 Å². The van der Waals surface area contributed by atoms with Crippen molar-refractivity contribution in [3.63, 3.8) is 0 Å². The molecule has 0 spiro atoms. The van der Waals surface area contributed by atoms with Gasteiger partial charge in [0.15, 0.2) is 15.8 Å². The van der Waals surface area contributed by atoms with Crippen molar-refractivity contribution >= 4 is 15.8 Å². The van der Waals surface area contributed by atoms with Crippen LogP contribution in [0.1, 0.15) is 25.0 Å². The third kappa shape index (κ3) is 5.21. The Bertz CT molecular complexity index is 592. The molecule has 0 atom stereocenters. The van der Waals surface area contributed by atoms with Crippen LogP contribution in [0.25, 0.3) is 0 Å². The van der Waals surface area contributed by atoms with Crippen molar-refractivity contribution in [3.05, 3.63) is 29.3 Å². The maximum Gasteiger partial charge on any atom is 0.188 e. The molecule has 0 heterocycles. The second kappa shape index (κ2) is 6.74. The molecule has 0 saturated carbocycles. The van der Waals surface area contributed by atoms with Crippen LogP contribution in [0, 0.1) is 12.8 Å². The second-order valence-electron chi connectivity index (χ2n) is 5.35. The van der Waals surface area contributed by atoms with E-state index >= 15 is 0 Å². The first kappa shape index (κ1) is 16.5. The minimum absolute atomic E-state index is 0.358. The molecule has 0 bridgehead atoms. The SMILES string of the molecule is Cc1cc(CN=C(N)NCC(C)C)ccc1S(C)(=O)=O. The van der Waals surface area contributed by atoms with Crippen molar-refractivity contribution < 1.29 is 8.42 Å². The number of nitrogens with zero attached hydrogens (tertiary/aromatic N) is 1. The molecule has 0 fully saturated rings. The Morgan fingerprint density at radius 2 is 2.05 bits per heavy atom. The number of nitrogens with two attached hydrogens (primary N) is 1. The Labute approximate surface area is 121 Å². The third-order valence-corrected chi connectivity index (χ3v) is 4.02. The molecule has 20 heavy (non-hydrogen) atoms. The fraction of sp³-hybridized carbons (Fsp3) is 0.500. The third-order valence-electron chi connectivity index (χ3n) is 2.76. The number of hydrogen-bond donors (Lipinski definition) is 2. The number of sulfone groups is 1. The van der Waals surface area contributed by atoms with Gasteiger partial charge in [-0.15, -0.1) is 0 Å². The van der Waals surface area contributed by atoms with Gasteiger partial charge in [0, 0.05) is 12.8 Å². The molecule has 0 saturated heterocycles. The molecule has 1 aromatic rings. The summed E-state index contributed by atoms with van der Waals surface area (Å²) in [4.78, 5) is 4.59. The number of nitrogens with one attached hydrogen (secondary N) is 1. The van der Waals surface area contributed by atoms with Gasteiger partial charge in [0.2, 0.25) is 0 Å². The van der Waals surface area contributed by atoms with Gasteiger partial charge in [0.25, 0.3) is 0 Å². The Hall–Kier alpha value is -1.56. The zero-order valence-electron chi connectivity index (χ0n) is 12.5. The zero-order valence-corrected chi connectivity index (χ0v) is 13.3. The second-order valence-corrected chi connectivity index (χ2v) is 7.33. The van der Waals surface area contributed by atoms with Crippen molar-refractivity contribution in [1.29, 1.82) is 0 Å². The van der Waals surface area contributed by atoms with E-state index in [0.717, 1.165) is 17.7 Å². The fourth-order valence-electron chi connectivity index (χ4n) is 1.77. The van der Waals surface area contributed by atoms with Crippen molar-refractivity contribution in [3.8, 4) is 0 Å². The monoisotopic (exact) mass is 297 g/mol. The molecule has 0 aliphatic heterocycles. The van der Waals surface area contributed by atoms with Crippen LogP contribution in [0.5, 0.6) is 0 Å². The van der Waals surface area contributed by atoms with Crippen LogP contribution >= 0.6 is 0 Å². The van der Waals surface area contributed by atoms with Gasteiger partial charge in [0.1, 0.15) is 0 Å². The number of guanidine groups is 1. The highest BCUT2D eigenvalue weighted by Gasteiger charge is 2.10. The Balaban J connectivity index is 2.75. The average Bonchev–Trinajstić information content (AvgIpc) is 2.32. The highest BCUT2D eigenvalue weighted by atomic mass is 32.2. The molecule has 0 aliphatic rings. The van der Waals surface area contributed by atoms with Crippen molar-refractivity contribution in [2.75, 3.05) is 12.8 Å². The van der Waals surface area contributed by atoms with E-state index in [1.807, 2.05) is 6.07 Å². The summed E-state index contributed by atoms with van der Waals surface area (Å²) in [6.07, 6.45) is 1.21. The molecule has 112 valence electrons. The average molecular weight is 297 g/mol. The zero-order chi connectivity index (χ0) is 15.3. The molecule has 5 nitrogen and oxygen atoms in total. The molecule has 0 unspecified atom stereocenters. The smallest absolute Gasteiger partial charge is 0.188 e. The first-order chi connectivity index (χ1) is 9.20. The molecular formula is C14H23N3O2S. The Kier molecular flexibility index (Phi) is 5.56. The fourth-order valence-corrected chi connectivity index (χ4v) is 2.73. The van der Waals surface area contributed by atoms with Gasteiger partial charge in [-0.25, -0.2) is 13.4 Å². The Morgan fingerprint density at radius 3 is 2.55 bits per heavy atom. The van der Waals surface area contributed by atoms with Crippen molar-refractivity contribution in [2.24, 2.45) is 16.6 Å². The van der Waals surface area contributed by atoms with Crippen LogP contribution in [0.15, 0.2) is 28.1 Å². The van der Waals surface area contributed by atoms with E-state index in [9.17, 15) is 8.42 Å². The summed E-state index contributed by atoms with van der Waals surface area (Å²) < 4.78 is 23.0. The summed E-state index contributed by atoms with van der Waals surface area (Å²) >= 11 is 0. The molecule has 6 heteroatoms. The molecule has 0 aromatic heterocycles. The lowest BCUT2D eigenvalue weighted by atomic mass is 10.1. The summed E-state index contributed by atoms with van der Waals surface area (Å²) in [5, 5.41) is 3.03. The predicted octanol–water partition coefficient (Wildman–Crippen LogP) is 1.46. The van der Waals surface area contributed by atoms with Crippen LogP contribution in [0.3, 0.4) is 0 Å². The number of benzene rings is 1. The standard InChI is InChI=1S/C14H23N3O2S/c1-10(2)8-16-14(15)17-9-12-5-6-13(11(3)7-12)20(4,18)19/h5-7,10H,8-9H2,1-4H3,(H3,15,16,17). The number of aryl methyl sites for hydroxylation is 1. The van der Waals surface area contributed by atoms with Gasteiger partial charge >= 0.3 is 0 Å². The van der Waals surface area contributed by atoms with Crippen LogP contribution in [0.2, 0.25) is 0 Å². The highest BCUT2D eigenvalue weighted by molar-refractivity contribution is 7.90. The summed E-state index contributed by atoms with van der Waals surface area (Å²) in [6.45, 7) is 7.17. The van der Waals surface area contributed by atoms with E-state index in [1.54, 1.807) is 19.1 Å². The van der Waals surface area contributed by atoms with Crippen LogP contribution in [-0.4, -0.2) is 27.2 Å². The van der Waals surface area contributed by atoms with Gasteiger partial charge in [0.05, 0.1) is 11.4 Å². The Morgan fingerprint density at radius 1 is 1.40 bits per heavy atom. The van der Waals surface area contributed by atoms with Crippen molar-refractivity contribution in [1.82, 2.24) is 5.32 Å². The van der Waals surface area contributed by atoms with Crippen LogP contribution in [-0.2, 0) is 16.4 Å². The first-order valence-electron chi connectivity index (χ1n) is 6.53. The molecular weight excluding hydrogens is 274 g/mol. The maximum absolute atomic E-state index is 11.5. The van der Waals surface area contributed by atoms with Crippen LogP contribution < -0.4 is 11.1 Å². The van der Waals surface area contributed by atoms with Gasteiger partial charge in [-0.1, -0.05) is 26.0 Å². The van der Waals surface area contributed by atoms with Gasteiger partial charge in [-0.2, -0.15) is 0 Å². The topological polar surface area (TPSA) is 84.5 Å².